The lowest BCUT2D eigenvalue weighted by Crippen LogP contribution is -2.59. The number of aryl methyl sites for hydroxylation is 1. The van der Waals surface area contributed by atoms with E-state index in [1.807, 2.05) is 24.3 Å². The number of aliphatic carboxylic acids is 1. The zero-order chi connectivity index (χ0) is 32.1. The number of hydroxylamine groups is 1. The van der Waals surface area contributed by atoms with Gasteiger partial charge in [-0.25, -0.2) is 18.6 Å². The molecule has 45 heavy (non-hydrogen) atoms. The molecule has 0 saturated heterocycles. The van der Waals surface area contributed by atoms with Crippen molar-refractivity contribution in [2.45, 2.75) is 69.2 Å². The first kappa shape index (κ1) is 32.6. The van der Waals surface area contributed by atoms with Crippen LogP contribution in [0.1, 0.15) is 76.7 Å². The third kappa shape index (κ3) is 7.91. The van der Waals surface area contributed by atoms with Crippen LogP contribution in [0.5, 0.6) is 0 Å². The fraction of sp³-hybridized carbons (Fsp3) is 0.364. The lowest BCUT2D eigenvalue weighted by molar-refractivity contribution is -0.138. The number of carbonyl (C=O) groups is 3. The summed E-state index contributed by atoms with van der Waals surface area (Å²) in [6, 6.07) is 19.5. The molecule has 3 N–H and O–H groups in total. The first-order valence-electron chi connectivity index (χ1n) is 14.9. The maximum absolute atomic E-state index is 14.3. The summed E-state index contributed by atoms with van der Waals surface area (Å²) in [7, 11) is -3.57. The summed E-state index contributed by atoms with van der Waals surface area (Å²) in [6.45, 7) is 0.0660. The third-order valence-electron chi connectivity index (χ3n) is 8.38. The van der Waals surface area contributed by atoms with E-state index >= 15 is 0 Å². The normalized spacial score (nSPS) is 21.6. The van der Waals surface area contributed by atoms with Crippen molar-refractivity contribution in [2.24, 2.45) is 0 Å². The lowest BCUT2D eigenvalue weighted by Gasteiger charge is -2.49. The second kappa shape index (κ2) is 14.1. The second-order valence-corrected chi connectivity index (χ2v) is 13.8. The highest BCUT2D eigenvalue weighted by molar-refractivity contribution is 7.88. The third-order valence-corrected chi connectivity index (χ3v) is 9.37. The Bertz CT molecular complexity index is 1650. The van der Waals surface area contributed by atoms with E-state index in [9.17, 15) is 22.8 Å². The molecule has 5 rings (SSSR count). The molecular formula is C33H36ClN3O7S. The number of amides is 2. The van der Waals surface area contributed by atoms with Crippen molar-refractivity contribution in [2.75, 3.05) is 6.26 Å². The zero-order valence-corrected chi connectivity index (χ0v) is 26.4. The van der Waals surface area contributed by atoms with Crippen LogP contribution in [0.2, 0.25) is 5.02 Å². The van der Waals surface area contributed by atoms with Crippen molar-refractivity contribution in [1.82, 2.24) is 15.1 Å². The Morgan fingerprint density at radius 3 is 2.33 bits per heavy atom. The summed E-state index contributed by atoms with van der Waals surface area (Å²) in [6.07, 6.45) is 4.31. The number of nitrogens with one attached hydrogen (secondary N) is 2. The molecule has 0 bridgehead atoms. The summed E-state index contributed by atoms with van der Waals surface area (Å²) >= 11 is 6.23. The average molecular weight is 654 g/mol. The van der Waals surface area contributed by atoms with E-state index < -0.39 is 45.9 Å². The van der Waals surface area contributed by atoms with E-state index in [4.69, 9.17) is 21.5 Å². The molecule has 3 aromatic carbocycles. The molecule has 1 heterocycles. The Labute approximate surface area is 267 Å². The number of sulfonamides is 1. The zero-order valence-electron chi connectivity index (χ0n) is 24.8. The van der Waals surface area contributed by atoms with E-state index in [1.165, 1.54) is 0 Å². The number of hydrogen-bond acceptors (Lipinski definition) is 6. The van der Waals surface area contributed by atoms with E-state index in [-0.39, 0.29) is 18.9 Å². The van der Waals surface area contributed by atoms with E-state index in [2.05, 4.69) is 10.2 Å². The van der Waals surface area contributed by atoms with Crippen LogP contribution in [0.15, 0.2) is 72.8 Å². The molecule has 1 saturated carbocycles. The van der Waals surface area contributed by atoms with Crippen molar-refractivity contribution >= 4 is 39.4 Å². The van der Waals surface area contributed by atoms with Gasteiger partial charge in [-0.05, 0) is 59.7 Å². The molecule has 1 aliphatic heterocycles. The van der Waals surface area contributed by atoms with Crippen LogP contribution in [0, 0.1) is 0 Å². The highest BCUT2D eigenvalue weighted by atomic mass is 35.5. The Morgan fingerprint density at radius 2 is 1.64 bits per heavy atom. The highest BCUT2D eigenvalue weighted by Gasteiger charge is 2.49. The summed E-state index contributed by atoms with van der Waals surface area (Å²) in [5.41, 5.74) is 5.87. The molecule has 4 atom stereocenters. The molecule has 1 aliphatic carbocycles. The number of carboxylic acid groups (broad SMARTS) is 1. The first-order chi connectivity index (χ1) is 21.5. The Hall–Kier alpha value is -3.77. The first-order valence-corrected chi connectivity index (χ1v) is 17.1. The number of halogens is 1. The van der Waals surface area contributed by atoms with Crippen LogP contribution in [-0.4, -0.2) is 54.5 Å². The number of benzene rings is 3. The monoisotopic (exact) mass is 653 g/mol. The number of rotatable bonds is 11. The van der Waals surface area contributed by atoms with Gasteiger partial charge in [-0.1, -0.05) is 79.0 Å². The molecule has 0 spiro atoms. The topological polar surface area (TPSA) is 142 Å². The van der Waals surface area contributed by atoms with Gasteiger partial charge in [0.15, 0.2) is 0 Å². The van der Waals surface area contributed by atoms with Gasteiger partial charge in [0.2, 0.25) is 10.0 Å². The minimum Gasteiger partial charge on any atom is -0.481 e. The van der Waals surface area contributed by atoms with E-state index in [0.717, 1.165) is 30.2 Å². The molecule has 2 amide bonds. The molecule has 0 aromatic heterocycles. The van der Waals surface area contributed by atoms with Gasteiger partial charge < -0.3 is 10.0 Å². The van der Waals surface area contributed by atoms with Crippen LogP contribution >= 0.6 is 11.6 Å². The fourth-order valence-corrected chi connectivity index (χ4v) is 7.33. The molecule has 10 nitrogen and oxygen atoms in total. The van der Waals surface area contributed by atoms with Gasteiger partial charge in [-0.15, -0.1) is 0 Å². The smallest absolute Gasteiger partial charge is 0.303 e. The van der Waals surface area contributed by atoms with Crippen LogP contribution in [0.4, 0.5) is 0 Å². The Kier molecular flexibility index (Phi) is 10.2. The Morgan fingerprint density at radius 1 is 0.978 bits per heavy atom. The average Bonchev–Trinajstić information content (AvgIpc) is 3.01. The van der Waals surface area contributed by atoms with Gasteiger partial charge in [0.1, 0.15) is 0 Å². The van der Waals surface area contributed by atoms with Crippen molar-refractivity contribution in [3.05, 3.63) is 106 Å². The van der Waals surface area contributed by atoms with Crippen LogP contribution in [-0.2, 0) is 37.5 Å². The van der Waals surface area contributed by atoms with E-state index in [1.54, 1.807) is 53.4 Å². The SMILES string of the molecule is CS(=O)(=O)N[C@H]1CCCCC1N1C(=O)c2ccccc2[C@@H](C(=O)NOCc2ccc(CCC(=O)O)cc2)[C@@H]1c1ccc(Cl)cc1. The van der Waals surface area contributed by atoms with Crippen molar-refractivity contribution < 1.29 is 32.7 Å². The Balaban J connectivity index is 1.46. The predicted octanol–water partition coefficient (Wildman–Crippen LogP) is 4.75. The number of carbonyl (C=O) groups excluding carboxylic acids is 2. The molecule has 2 aliphatic rings. The number of hydrogen-bond donors (Lipinski definition) is 3. The fourth-order valence-electron chi connectivity index (χ4n) is 6.38. The van der Waals surface area contributed by atoms with Crippen LogP contribution in [0.3, 0.4) is 0 Å². The summed E-state index contributed by atoms with van der Waals surface area (Å²) in [5.74, 6) is -2.47. The van der Waals surface area contributed by atoms with Crippen LogP contribution < -0.4 is 10.2 Å². The van der Waals surface area contributed by atoms with Gasteiger partial charge in [-0.2, -0.15) is 0 Å². The summed E-state index contributed by atoms with van der Waals surface area (Å²) in [5, 5.41) is 9.42. The van der Waals surface area contributed by atoms with Gasteiger partial charge in [-0.3, -0.25) is 19.2 Å². The van der Waals surface area contributed by atoms with Gasteiger partial charge in [0, 0.05) is 29.1 Å². The standard InChI is InChI=1S/C33H36ClN3O7S/c1-45(42,43)36-27-8-4-5-9-28(27)37-31(23-15-17-24(34)18-16-23)30(25-6-2-3-7-26(25)33(37)41)32(40)35-44-20-22-12-10-21(11-13-22)14-19-29(38)39/h2-3,6-7,10-13,15-18,27-28,30-31,36H,4-5,8-9,14,19-20H2,1H3,(H,35,40)(H,38,39)/t27-,28?,30+,31-/m0/s1. The van der Waals surface area contributed by atoms with Gasteiger partial charge >= 0.3 is 5.97 Å². The molecule has 12 heteroatoms. The molecular weight excluding hydrogens is 618 g/mol. The maximum atomic E-state index is 14.3. The van der Waals surface area contributed by atoms with Crippen molar-refractivity contribution in [3.8, 4) is 0 Å². The lowest BCUT2D eigenvalue weighted by atomic mass is 9.76. The minimum atomic E-state index is -3.57. The number of carboxylic acids is 1. The molecule has 1 fully saturated rings. The minimum absolute atomic E-state index is 0.0367. The molecule has 238 valence electrons. The summed E-state index contributed by atoms with van der Waals surface area (Å²) < 4.78 is 27.4. The van der Waals surface area contributed by atoms with Crippen LogP contribution in [0.25, 0.3) is 0 Å². The largest absolute Gasteiger partial charge is 0.481 e. The maximum Gasteiger partial charge on any atom is 0.303 e. The van der Waals surface area contributed by atoms with Crippen molar-refractivity contribution in [3.63, 3.8) is 0 Å². The number of fused-ring (bicyclic) bond motifs is 1. The van der Waals surface area contributed by atoms with Gasteiger partial charge in [0.05, 0.1) is 24.8 Å². The second-order valence-electron chi connectivity index (χ2n) is 11.6. The molecule has 0 radical (unpaired) electrons. The number of nitrogens with zero attached hydrogens (tertiary/aromatic N) is 1. The highest BCUT2D eigenvalue weighted by Crippen LogP contribution is 2.46. The molecule has 3 aromatic rings. The molecule has 1 unspecified atom stereocenters. The van der Waals surface area contributed by atoms with Crippen molar-refractivity contribution in [1.29, 1.82) is 0 Å². The van der Waals surface area contributed by atoms with Gasteiger partial charge in [0.25, 0.3) is 11.8 Å². The van der Waals surface area contributed by atoms with E-state index in [0.29, 0.717) is 41.0 Å². The predicted molar refractivity (Wildman–Crippen MR) is 169 cm³/mol. The summed E-state index contributed by atoms with van der Waals surface area (Å²) in [4.78, 5) is 46.6. The quantitative estimate of drug-likeness (QED) is 0.254.